The van der Waals surface area contributed by atoms with Gasteiger partial charge in [0, 0.05) is 16.3 Å². The molecule has 0 bridgehead atoms. The maximum absolute atomic E-state index is 3.21. The molecule has 0 aliphatic carbocycles. The van der Waals surface area contributed by atoms with Gasteiger partial charge < -0.3 is 5.32 Å². The third kappa shape index (κ3) is 2.43. The standard InChI is InChI=1S/C15H19NS/c1-10-6-5-7-14(12(10)3)15-11(2)8-13(17-15)9-16-4/h5-8,16H,9H2,1-4H3. The van der Waals surface area contributed by atoms with E-state index in [2.05, 4.69) is 50.4 Å². The highest BCUT2D eigenvalue weighted by Gasteiger charge is 2.10. The van der Waals surface area contributed by atoms with E-state index >= 15 is 0 Å². The van der Waals surface area contributed by atoms with Crippen LogP contribution in [0.2, 0.25) is 0 Å². The lowest BCUT2D eigenvalue weighted by Crippen LogP contribution is -2.02. The van der Waals surface area contributed by atoms with Crippen molar-refractivity contribution in [3.63, 3.8) is 0 Å². The summed E-state index contributed by atoms with van der Waals surface area (Å²) in [5, 5.41) is 3.21. The molecular weight excluding hydrogens is 226 g/mol. The van der Waals surface area contributed by atoms with Gasteiger partial charge in [0.2, 0.25) is 0 Å². The molecule has 0 spiro atoms. The van der Waals surface area contributed by atoms with Crippen LogP contribution in [0.4, 0.5) is 0 Å². The molecule has 1 aromatic heterocycles. The van der Waals surface area contributed by atoms with Crippen LogP contribution in [-0.4, -0.2) is 7.05 Å². The lowest BCUT2D eigenvalue weighted by molar-refractivity contribution is 0.831. The van der Waals surface area contributed by atoms with Gasteiger partial charge in [0.25, 0.3) is 0 Å². The van der Waals surface area contributed by atoms with Gasteiger partial charge in [-0.1, -0.05) is 18.2 Å². The van der Waals surface area contributed by atoms with Gasteiger partial charge in [-0.25, -0.2) is 0 Å². The minimum atomic E-state index is 0.955. The van der Waals surface area contributed by atoms with Crippen molar-refractivity contribution in [3.8, 4) is 10.4 Å². The second-order valence-corrected chi connectivity index (χ2v) is 5.64. The number of rotatable bonds is 3. The fourth-order valence-corrected chi connectivity index (χ4v) is 3.34. The summed E-state index contributed by atoms with van der Waals surface area (Å²) >= 11 is 1.90. The third-order valence-electron chi connectivity index (χ3n) is 3.17. The number of hydrogen-bond donors (Lipinski definition) is 1. The topological polar surface area (TPSA) is 12.0 Å². The van der Waals surface area contributed by atoms with Crippen molar-refractivity contribution >= 4 is 11.3 Å². The SMILES string of the molecule is CNCc1cc(C)c(-c2cccc(C)c2C)s1. The Hall–Kier alpha value is -1.12. The fraction of sp³-hybridized carbons (Fsp3) is 0.333. The minimum absolute atomic E-state index is 0.955. The molecule has 0 aliphatic rings. The van der Waals surface area contributed by atoms with E-state index in [9.17, 15) is 0 Å². The van der Waals surface area contributed by atoms with Crippen LogP contribution < -0.4 is 5.32 Å². The number of nitrogens with one attached hydrogen (secondary N) is 1. The van der Waals surface area contributed by atoms with Gasteiger partial charge in [-0.05, 0) is 56.1 Å². The van der Waals surface area contributed by atoms with Crippen molar-refractivity contribution in [2.45, 2.75) is 27.3 Å². The molecule has 0 unspecified atom stereocenters. The Kier molecular flexibility index (Phi) is 3.65. The summed E-state index contributed by atoms with van der Waals surface area (Å²) in [7, 11) is 1.99. The van der Waals surface area contributed by atoms with Gasteiger partial charge >= 0.3 is 0 Å². The van der Waals surface area contributed by atoms with E-state index in [1.165, 1.54) is 32.0 Å². The van der Waals surface area contributed by atoms with Gasteiger partial charge in [0.15, 0.2) is 0 Å². The van der Waals surface area contributed by atoms with Gasteiger partial charge in [-0.15, -0.1) is 11.3 Å². The van der Waals surface area contributed by atoms with Crippen molar-refractivity contribution in [2.75, 3.05) is 7.05 Å². The monoisotopic (exact) mass is 245 g/mol. The first kappa shape index (κ1) is 12.3. The lowest BCUT2D eigenvalue weighted by atomic mass is 10.0. The number of hydrogen-bond acceptors (Lipinski definition) is 2. The second-order valence-electron chi connectivity index (χ2n) is 4.50. The van der Waals surface area contributed by atoms with Crippen LogP contribution in [0, 0.1) is 20.8 Å². The molecule has 0 saturated carbocycles. The molecular formula is C15H19NS. The highest BCUT2D eigenvalue weighted by Crippen LogP contribution is 2.35. The molecule has 0 fully saturated rings. The van der Waals surface area contributed by atoms with Crippen molar-refractivity contribution in [1.82, 2.24) is 5.32 Å². The molecule has 1 N–H and O–H groups in total. The molecule has 0 amide bonds. The maximum atomic E-state index is 3.21. The smallest absolute Gasteiger partial charge is 0.0378 e. The number of thiophene rings is 1. The van der Waals surface area contributed by atoms with E-state index in [0.29, 0.717) is 0 Å². The third-order valence-corrected chi connectivity index (χ3v) is 4.44. The van der Waals surface area contributed by atoms with Crippen LogP contribution in [-0.2, 0) is 6.54 Å². The van der Waals surface area contributed by atoms with Crippen molar-refractivity contribution in [3.05, 3.63) is 45.8 Å². The highest BCUT2D eigenvalue weighted by molar-refractivity contribution is 7.15. The Morgan fingerprint density at radius 2 is 1.88 bits per heavy atom. The Labute approximate surface area is 108 Å². The van der Waals surface area contributed by atoms with Crippen LogP contribution >= 0.6 is 11.3 Å². The molecule has 1 nitrogen and oxygen atoms in total. The van der Waals surface area contributed by atoms with Crippen LogP contribution in [0.3, 0.4) is 0 Å². The molecule has 2 rings (SSSR count). The zero-order valence-corrected chi connectivity index (χ0v) is 11.7. The quantitative estimate of drug-likeness (QED) is 0.860. The summed E-state index contributed by atoms with van der Waals surface area (Å²) in [6.07, 6.45) is 0. The van der Waals surface area contributed by atoms with Gasteiger partial charge in [-0.2, -0.15) is 0 Å². The average Bonchev–Trinajstić information content (AvgIpc) is 2.64. The van der Waals surface area contributed by atoms with Gasteiger partial charge in [0.05, 0.1) is 0 Å². The largest absolute Gasteiger partial charge is 0.315 e. The zero-order chi connectivity index (χ0) is 12.4. The van der Waals surface area contributed by atoms with Crippen molar-refractivity contribution < 1.29 is 0 Å². The number of aryl methyl sites for hydroxylation is 2. The Morgan fingerprint density at radius 3 is 2.59 bits per heavy atom. The molecule has 0 radical (unpaired) electrons. The maximum Gasteiger partial charge on any atom is 0.0378 e. The lowest BCUT2D eigenvalue weighted by Gasteiger charge is -2.07. The summed E-state index contributed by atoms with van der Waals surface area (Å²) in [5.74, 6) is 0. The first-order chi connectivity index (χ1) is 8.13. The van der Waals surface area contributed by atoms with E-state index in [1.54, 1.807) is 0 Å². The molecule has 17 heavy (non-hydrogen) atoms. The first-order valence-corrected chi connectivity index (χ1v) is 6.75. The molecule has 0 aliphatic heterocycles. The van der Waals surface area contributed by atoms with E-state index in [0.717, 1.165) is 6.54 Å². The Morgan fingerprint density at radius 1 is 1.12 bits per heavy atom. The summed E-state index contributed by atoms with van der Waals surface area (Å²) in [6.45, 7) is 7.54. The van der Waals surface area contributed by atoms with E-state index in [1.807, 2.05) is 18.4 Å². The molecule has 2 heteroatoms. The molecule has 0 saturated heterocycles. The average molecular weight is 245 g/mol. The number of benzene rings is 1. The Balaban J connectivity index is 2.49. The summed E-state index contributed by atoms with van der Waals surface area (Å²) in [5.41, 5.74) is 5.53. The summed E-state index contributed by atoms with van der Waals surface area (Å²) < 4.78 is 0. The fourth-order valence-electron chi connectivity index (χ4n) is 2.07. The second kappa shape index (κ2) is 5.03. The minimum Gasteiger partial charge on any atom is -0.315 e. The normalized spacial score (nSPS) is 10.8. The van der Waals surface area contributed by atoms with Gasteiger partial charge in [0.1, 0.15) is 0 Å². The van der Waals surface area contributed by atoms with Crippen LogP contribution in [0.5, 0.6) is 0 Å². The molecule has 2 aromatic rings. The summed E-state index contributed by atoms with van der Waals surface area (Å²) in [4.78, 5) is 2.82. The van der Waals surface area contributed by atoms with E-state index in [4.69, 9.17) is 0 Å². The van der Waals surface area contributed by atoms with Gasteiger partial charge in [-0.3, -0.25) is 0 Å². The van der Waals surface area contributed by atoms with E-state index < -0.39 is 0 Å². The first-order valence-electron chi connectivity index (χ1n) is 5.94. The van der Waals surface area contributed by atoms with Crippen LogP contribution in [0.1, 0.15) is 21.6 Å². The van der Waals surface area contributed by atoms with E-state index in [-0.39, 0.29) is 0 Å². The molecule has 1 heterocycles. The predicted molar refractivity (Wildman–Crippen MR) is 76.7 cm³/mol. The molecule has 1 aromatic carbocycles. The van der Waals surface area contributed by atoms with Crippen LogP contribution in [0.15, 0.2) is 24.3 Å². The van der Waals surface area contributed by atoms with Crippen molar-refractivity contribution in [2.24, 2.45) is 0 Å². The zero-order valence-electron chi connectivity index (χ0n) is 10.9. The molecule has 90 valence electrons. The molecule has 0 atom stereocenters. The summed E-state index contributed by atoms with van der Waals surface area (Å²) in [6, 6.07) is 8.84. The van der Waals surface area contributed by atoms with Crippen molar-refractivity contribution in [1.29, 1.82) is 0 Å². The predicted octanol–water partition coefficient (Wildman–Crippen LogP) is 4.06. The Bertz CT molecular complexity index is 526. The van der Waals surface area contributed by atoms with Crippen LogP contribution in [0.25, 0.3) is 10.4 Å². The highest BCUT2D eigenvalue weighted by atomic mass is 32.1.